The van der Waals surface area contributed by atoms with Crippen molar-refractivity contribution in [3.05, 3.63) is 35.5 Å². The second kappa shape index (κ2) is 8.06. The Kier molecular flexibility index (Phi) is 5.83. The highest BCUT2D eigenvalue weighted by Gasteiger charge is 2.14. The Bertz CT molecular complexity index is 633. The molecule has 1 heterocycles. The summed E-state index contributed by atoms with van der Waals surface area (Å²) in [4.78, 5) is 12.0. The van der Waals surface area contributed by atoms with E-state index in [4.69, 9.17) is 19.8 Å². The number of amides is 1. The molecule has 23 heavy (non-hydrogen) atoms. The van der Waals surface area contributed by atoms with Crippen molar-refractivity contribution in [2.24, 2.45) is 0 Å². The summed E-state index contributed by atoms with van der Waals surface area (Å²) >= 11 is 0. The molecule has 1 aromatic carbocycles. The Morgan fingerprint density at radius 2 is 2.26 bits per heavy atom. The first-order chi connectivity index (χ1) is 11.2. The smallest absolute Gasteiger partial charge is 0.263 e. The average molecular weight is 317 g/mol. The number of hydrogen-bond acceptors (Lipinski definition) is 6. The van der Waals surface area contributed by atoms with E-state index >= 15 is 0 Å². The van der Waals surface area contributed by atoms with Gasteiger partial charge in [-0.15, -0.1) is 0 Å². The van der Waals surface area contributed by atoms with Gasteiger partial charge >= 0.3 is 0 Å². The average Bonchev–Trinajstić information content (AvgIpc) is 3.04. The molecule has 122 valence electrons. The largest absolute Gasteiger partial charge is 0.454 e. The van der Waals surface area contributed by atoms with Crippen LogP contribution >= 0.6 is 0 Å². The van der Waals surface area contributed by atoms with Gasteiger partial charge in [0.05, 0.1) is 6.61 Å². The lowest BCUT2D eigenvalue weighted by Gasteiger charge is -2.12. The number of carbonyl (C=O) groups is 1. The van der Waals surface area contributed by atoms with Gasteiger partial charge < -0.3 is 25.2 Å². The van der Waals surface area contributed by atoms with Crippen molar-refractivity contribution in [1.29, 1.82) is 5.26 Å². The Balaban J connectivity index is 1.92. The summed E-state index contributed by atoms with van der Waals surface area (Å²) in [5.74, 6) is 0.838. The molecular weight excluding hydrogens is 298 g/mol. The maximum Gasteiger partial charge on any atom is 0.263 e. The van der Waals surface area contributed by atoms with Gasteiger partial charge in [-0.3, -0.25) is 4.79 Å². The summed E-state index contributed by atoms with van der Waals surface area (Å²) in [5.41, 5.74) is 0.798. The van der Waals surface area contributed by atoms with E-state index in [1.165, 1.54) is 6.20 Å². The second-order valence-corrected chi connectivity index (χ2v) is 4.99. The van der Waals surface area contributed by atoms with Gasteiger partial charge in [0.15, 0.2) is 11.5 Å². The van der Waals surface area contributed by atoms with Crippen molar-refractivity contribution in [2.75, 3.05) is 13.4 Å². The Hall–Kier alpha value is -2.72. The van der Waals surface area contributed by atoms with Crippen LogP contribution in [0.3, 0.4) is 0 Å². The Morgan fingerprint density at radius 3 is 2.96 bits per heavy atom. The predicted octanol–water partition coefficient (Wildman–Crippen LogP) is 0.799. The van der Waals surface area contributed by atoms with Crippen molar-refractivity contribution in [3.8, 4) is 17.6 Å². The maximum absolute atomic E-state index is 12.0. The van der Waals surface area contributed by atoms with Crippen LogP contribution in [-0.4, -0.2) is 30.5 Å². The zero-order valence-corrected chi connectivity index (χ0v) is 12.8. The number of rotatable bonds is 7. The van der Waals surface area contributed by atoms with Crippen molar-refractivity contribution in [3.63, 3.8) is 0 Å². The van der Waals surface area contributed by atoms with Crippen LogP contribution < -0.4 is 20.1 Å². The van der Waals surface area contributed by atoms with Crippen LogP contribution in [0.5, 0.6) is 11.5 Å². The fraction of sp³-hybridized carbons (Fsp3) is 0.375. The minimum atomic E-state index is -0.481. The third-order valence-electron chi connectivity index (χ3n) is 3.43. The molecule has 2 rings (SSSR count). The van der Waals surface area contributed by atoms with E-state index < -0.39 is 5.91 Å². The predicted molar refractivity (Wildman–Crippen MR) is 82.4 cm³/mol. The molecule has 0 saturated heterocycles. The Morgan fingerprint density at radius 1 is 1.48 bits per heavy atom. The van der Waals surface area contributed by atoms with Gasteiger partial charge in [0.25, 0.3) is 5.91 Å². The van der Waals surface area contributed by atoms with E-state index in [1.807, 2.05) is 19.1 Å². The van der Waals surface area contributed by atoms with Crippen molar-refractivity contribution in [2.45, 2.75) is 25.9 Å². The number of nitrogens with zero attached hydrogens (tertiary/aromatic N) is 1. The molecule has 0 aliphatic carbocycles. The third-order valence-corrected chi connectivity index (χ3v) is 3.43. The molecule has 1 unspecified atom stereocenters. The number of nitriles is 1. The summed E-state index contributed by atoms with van der Waals surface area (Å²) in [7, 11) is 0. The van der Waals surface area contributed by atoms with Gasteiger partial charge in [0.2, 0.25) is 6.79 Å². The van der Waals surface area contributed by atoms with Crippen LogP contribution in [0, 0.1) is 11.3 Å². The molecule has 0 aromatic heterocycles. The highest BCUT2D eigenvalue weighted by molar-refractivity contribution is 5.97. The minimum absolute atomic E-state index is 0.0438. The number of fused-ring (bicyclic) bond motifs is 1. The van der Waals surface area contributed by atoms with Crippen LogP contribution in [-0.2, 0) is 11.3 Å². The molecule has 1 aromatic rings. The summed E-state index contributed by atoms with van der Waals surface area (Å²) in [6, 6.07) is 7.05. The summed E-state index contributed by atoms with van der Waals surface area (Å²) in [6.45, 7) is 2.30. The molecule has 7 heteroatoms. The molecule has 0 saturated carbocycles. The van der Waals surface area contributed by atoms with Gasteiger partial charge in [-0.2, -0.15) is 5.26 Å². The normalized spacial score (nSPS) is 14.0. The molecule has 0 radical (unpaired) electrons. The van der Waals surface area contributed by atoms with Crippen molar-refractivity contribution < 1.29 is 19.4 Å². The van der Waals surface area contributed by atoms with Crippen LogP contribution in [0.25, 0.3) is 0 Å². The van der Waals surface area contributed by atoms with Gasteiger partial charge in [-0.25, -0.2) is 0 Å². The number of nitrogens with one attached hydrogen (secondary N) is 2. The van der Waals surface area contributed by atoms with Gasteiger partial charge in [0, 0.05) is 18.8 Å². The second-order valence-electron chi connectivity index (χ2n) is 4.99. The number of hydrogen-bond donors (Lipinski definition) is 3. The highest BCUT2D eigenvalue weighted by Crippen LogP contribution is 2.32. The van der Waals surface area contributed by atoms with Crippen LogP contribution in [0.15, 0.2) is 30.0 Å². The summed E-state index contributed by atoms with van der Waals surface area (Å²) in [5, 5.41) is 23.7. The number of ether oxygens (including phenoxy) is 2. The molecule has 3 N–H and O–H groups in total. The first-order valence-corrected chi connectivity index (χ1v) is 7.31. The minimum Gasteiger partial charge on any atom is -0.454 e. The molecule has 0 bridgehead atoms. The van der Waals surface area contributed by atoms with E-state index in [1.54, 1.807) is 12.1 Å². The van der Waals surface area contributed by atoms with E-state index in [-0.39, 0.29) is 31.6 Å². The summed E-state index contributed by atoms with van der Waals surface area (Å²) in [6.07, 6.45) is 2.02. The fourth-order valence-electron chi connectivity index (χ4n) is 1.98. The lowest BCUT2D eigenvalue weighted by Crippen LogP contribution is -2.30. The van der Waals surface area contributed by atoms with E-state index in [9.17, 15) is 4.79 Å². The number of aliphatic hydroxyl groups is 1. The first kappa shape index (κ1) is 16.6. The Labute approximate surface area is 134 Å². The van der Waals surface area contributed by atoms with Gasteiger partial charge in [-0.05, 0) is 24.1 Å². The fourth-order valence-corrected chi connectivity index (χ4v) is 1.98. The lowest BCUT2D eigenvalue weighted by molar-refractivity contribution is -0.117. The maximum atomic E-state index is 12.0. The summed E-state index contributed by atoms with van der Waals surface area (Å²) < 4.78 is 10.5. The van der Waals surface area contributed by atoms with Crippen LogP contribution in [0.4, 0.5) is 0 Å². The lowest BCUT2D eigenvalue weighted by atomic mass is 10.2. The van der Waals surface area contributed by atoms with Crippen LogP contribution in [0.1, 0.15) is 18.9 Å². The number of benzene rings is 1. The quantitative estimate of drug-likeness (QED) is 0.508. The first-order valence-electron chi connectivity index (χ1n) is 7.31. The molecule has 0 spiro atoms. The van der Waals surface area contributed by atoms with Crippen molar-refractivity contribution in [1.82, 2.24) is 10.6 Å². The van der Waals surface area contributed by atoms with E-state index in [0.29, 0.717) is 17.9 Å². The van der Waals surface area contributed by atoms with Gasteiger partial charge in [-0.1, -0.05) is 13.0 Å². The third kappa shape index (κ3) is 4.37. The molecule has 1 atom stereocenters. The van der Waals surface area contributed by atoms with E-state index in [2.05, 4.69) is 10.6 Å². The molecule has 1 aliphatic rings. The number of aliphatic hydroxyl groups excluding tert-OH is 1. The molecular formula is C16H19N3O4. The SMILES string of the molecule is CCC(CO)N/C=C(/C#N)C(=O)NCc1ccc2c(c1)OCO2. The standard InChI is InChI=1S/C16H19N3O4/c1-2-13(9-20)18-8-12(6-17)16(21)19-7-11-3-4-14-15(5-11)23-10-22-14/h3-5,8,13,18,20H,2,7,9-10H2,1H3,(H,19,21)/b12-8-. The topological polar surface area (TPSA) is 104 Å². The molecule has 7 nitrogen and oxygen atoms in total. The van der Waals surface area contributed by atoms with Gasteiger partial charge in [0.1, 0.15) is 11.6 Å². The monoisotopic (exact) mass is 317 g/mol. The molecule has 0 fully saturated rings. The zero-order chi connectivity index (χ0) is 16.7. The van der Waals surface area contributed by atoms with Crippen molar-refractivity contribution >= 4 is 5.91 Å². The molecule has 1 amide bonds. The number of carbonyl (C=O) groups excluding carboxylic acids is 1. The highest BCUT2D eigenvalue weighted by atomic mass is 16.7. The zero-order valence-electron chi connectivity index (χ0n) is 12.8. The van der Waals surface area contributed by atoms with Crippen LogP contribution in [0.2, 0.25) is 0 Å². The molecule has 1 aliphatic heterocycles. The van der Waals surface area contributed by atoms with E-state index in [0.717, 1.165) is 5.56 Å².